The van der Waals surface area contributed by atoms with Gasteiger partial charge in [-0.3, -0.25) is 4.79 Å². The first-order valence-electron chi connectivity index (χ1n) is 4.69. The van der Waals surface area contributed by atoms with Crippen molar-refractivity contribution in [3.8, 4) is 0 Å². The van der Waals surface area contributed by atoms with Crippen LogP contribution in [0.15, 0.2) is 9.98 Å². The monoisotopic (exact) mass is 292 g/mol. The molecule has 6 heteroatoms. The number of likely N-dealkylation sites (N-methyl/N-ethyl adjacent to an activating group) is 1. The Labute approximate surface area is 101 Å². The van der Waals surface area contributed by atoms with Crippen LogP contribution in [0.5, 0.6) is 0 Å². The molecule has 0 spiro atoms. The third kappa shape index (κ3) is 3.79. The highest BCUT2D eigenvalue weighted by Gasteiger charge is 2.13. The predicted molar refractivity (Wildman–Crippen MR) is 64.3 cm³/mol. The summed E-state index contributed by atoms with van der Waals surface area (Å²) >= 11 is 4.79. The molecule has 0 atom stereocenters. The van der Waals surface area contributed by atoms with Crippen molar-refractivity contribution in [2.24, 2.45) is 0 Å². The average molecular weight is 293 g/mol. The van der Waals surface area contributed by atoms with E-state index in [1.54, 1.807) is 6.92 Å². The van der Waals surface area contributed by atoms with Crippen LogP contribution in [0.2, 0.25) is 0 Å². The van der Waals surface area contributed by atoms with Gasteiger partial charge in [0.2, 0.25) is 0 Å². The Morgan fingerprint density at radius 1 is 1.67 bits per heavy atom. The van der Waals surface area contributed by atoms with E-state index in [-0.39, 0.29) is 12.5 Å². The van der Waals surface area contributed by atoms with E-state index < -0.39 is 0 Å². The van der Waals surface area contributed by atoms with Gasteiger partial charge in [0.15, 0.2) is 5.13 Å². The zero-order valence-corrected chi connectivity index (χ0v) is 11.1. The fraction of sp³-hybridized carbons (Fsp3) is 0.556. The minimum absolute atomic E-state index is 0.217. The third-order valence-electron chi connectivity index (χ3n) is 1.74. The summed E-state index contributed by atoms with van der Waals surface area (Å²) in [6, 6.07) is 0. The number of hydrogen-bond donors (Lipinski definition) is 0. The number of thiazole rings is 1. The first-order chi connectivity index (χ1) is 7.17. The molecule has 0 aliphatic carbocycles. The van der Waals surface area contributed by atoms with Gasteiger partial charge in [0, 0.05) is 11.9 Å². The molecule has 4 nitrogen and oxygen atoms in total. The maximum Gasteiger partial charge on any atom is 0.325 e. The Kier molecular flexibility index (Phi) is 5.04. The number of esters is 1. The van der Waals surface area contributed by atoms with Crippen molar-refractivity contribution in [1.82, 2.24) is 4.98 Å². The standard InChI is InChI=1S/C9H13BrN2O2S/c1-3-12(5-8(13)14-4-2)9-11-7(10)6-15-9/h6H,3-5H2,1-2H3. The van der Waals surface area contributed by atoms with Crippen LogP contribution in [0.3, 0.4) is 0 Å². The maximum absolute atomic E-state index is 11.3. The van der Waals surface area contributed by atoms with Gasteiger partial charge >= 0.3 is 5.97 Å². The minimum atomic E-state index is -0.217. The number of carbonyl (C=O) groups excluding carboxylic acids is 1. The zero-order chi connectivity index (χ0) is 11.3. The van der Waals surface area contributed by atoms with Gasteiger partial charge in [-0.05, 0) is 29.8 Å². The molecule has 0 amide bonds. The first-order valence-corrected chi connectivity index (χ1v) is 6.36. The van der Waals surface area contributed by atoms with E-state index in [0.717, 1.165) is 16.3 Å². The molecule has 0 radical (unpaired) electrons. The van der Waals surface area contributed by atoms with Crippen LogP contribution in [0.25, 0.3) is 0 Å². The minimum Gasteiger partial charge on any atom is -0.465 e. The van der Waals surface area contributed by atoms with E-state index in [0.29, 0.717) is 6.61 Å². The van der Waals surface area contributed by atoms with E-state index in [1.165, 1.54) is 11.3 Å². The molecule has 0 aliphatic heterocycles. The number of rotatable bonds is 5. The Bertz CT molecular complexity index is 330. The summed E-state index contributed by atoms with van der Waals surface area (Å²) in [6.45, 7) is 5.18. The highest BCUT2D eigenvalue weighted by molar-refractivity contribution is 9.10. The summed E-state index contributed by atoms with van der Waals surface area (Å²) < 4.78 is 5.68. The lowest BCUT2D eigenvalue weighted by molar-refractivity contribution is -0.141. The van der Waals surface area contributed by atoms with Gasteiger partial charge < -0.3 is 9.64 Å². The molecule has 0 unspecified atom stereocenters. The van der Waals surface area contributed by atoms with Gasteiger partial charge in [-0.1, -0.05) is 0 Å². The molecule has 0 N–H and O–H groups in total. The van der Waals surface area contributed by atoms with Crippen molar-refractivity contribution in [3.05, 3.63) is 9.98 Å². The lowest BCUT2D eigenvalue weighted by atomic mass is 10.5. The molecule has 1 aromatic rings. The van der Waals surface area contributed by atoms with Gasteiger partial charge in [0.25, 0.3) is 0 Å². The Balaban J connectivity index is 2.60. The van der Waals surface area contributed by atoms with Crippen LogP contribution in [-0.4, -0.2) is 30.6 Å². The second-order valence-corrected chi connectivity index (χ2v) is 4.42. The van der Waals surface area contributed by atoms with E-state index in [4.69, 9.17) is 4.74 Å². The highest BCUT2D eigenvalue weighted by atomic mass is 79.9. The van der Waals surface area contributed by atoms with Gasteiger partial charge in [-0.2, -0.15) is 0 Å². The van der Waals surface area contributed by atoms with Crippen LogP contribution in [0.1, 0.15) is 13.8 Å². The van der Waals surface area contributed by atoms with Crippen LogP contribution >= 0.6 is 27.3 Å². The number of nitrogens with zero attached hydrogens (tertiary/aromatic N) is 2. The molecule has 1 rings (SSSR count). The molecule has 1 heterocycles. The summed E-state index contributed by atoms with van der Waals surface area (Å²) in [4.78, 5) is 17.4. The summed E-state index contributed by atoms with van der Waals surface area (Å²) in [6.07, 6.45) is 0. The number of halogens is 1. The second-order valence-electron chi connectivity index (χ2n) is 2.77. The fourth-order valence-corrected chi connectivity index (χ4v) is 2.38. The number of carbonyl (C=O) groups is 1. The fourth-order valence-electron chi connectivity index (χ4n) is 1.07. The zero-order valence-electron chi connectivity index (χ0n) is 8.70. The molecule has 0 aromatic carbocycles. The van der Waals surface area contributed by atoms with Crippen LogP contribution < -0.4 is 4.90 Å². The van der Waals surface area contributed by atoms with Gasteiger partial charge in [0.05, 0.1) is 6.61 Å². The molecule has 0 saturated heterocycles. The van der Waals surface area contributed by atoms with E-state index in [9.17, 15) is 4.79 Å². The molecular formula is C9H13BrN2O2S. The van der Waals surface area contributed by atoms with Gasteiger partial charge in [0.1, 0.15) is 11.1 Å². The number of ether oxygens (including phenoxy) is 1. The van der Waals surface area contributed by atoms with Crippen molar-refractivity contribution in [3.63, 3.8) is 0 Å². The van der Waals surface area contributed by atoms with E-state index in [2.05, 4.69) is 20.9 Å². The second kappa shape index (κ2) is 6.07. The quantitative estimate of drug-likeness (QED) is 0.781. The Hall–Kier alpha value is -0.620. The van der Waals surface area contributed by atoms with Crippen molar-refractivity contribution >= 4 is 38.4 Å². The molecule has 84 valence electrons. The topological polar surface area (TPSA) is 42.4 Å². The van der Waals surface area contributed by atoms with Crippen molar-refractivity contribution in [1.29, 1.82) is 0 Å². The first kappa shape index (κ1) is 12.4. The molecule has 0 aliphatic rings. The van der Waals surface area contributed by atoms with E-state index >= 15 is 0 Å². The third-order valence-corrected chi connectivity index (χ3v) is 3.35. The molecule has 0 fully saturated rings. The summed E-state index contributed by atoms with van der Waals surface area (Å²) in [5.74, 6) is -0.217. The van der Waals surface area contributed by atoms with Gasteiger partial charge in [-0.15, -0.1) is 11.3 Å². The van der Waals surface area contributed by atoms with Crippen LogP contribution in [-0.2, 0) is 9.53 Å². The van der Waals surface area contributed by atoms with Crippen molar-refractivity contribution < 1.29 is 9.53 Å². The molecule has 0 bridgehead atoms. The SMILES string of the molecule is CCOC(=O)CN(CC)c1nc(Br)cs1. The predicted octanol–water partition coefficient (Wildman–Crippen LogP) is 2.29. The maximum atomic E-state index is 11.3. The van der Waals surface area contributed by atoms with Crippen LogP contribution in [0, 0.1) is 0 Å². The molecule has 1 aromatic heterocycles. The normalized spacial score (nSPS) is 10.1. The number of aromatic nitrogens is 1. The summed E-state index contributed by atoms with van der Waals surface area (Å²) in [5.41, 5.74) is 0. The summed E-state index contributed by atoms with van der Waals surface area (Å²) in [7, 11) is 0. The Morgan fingerprint density at radius 2 is 2.40 bits per heavy atom. The highest BCUT2D eigenvalue weighted by Crippen LogP contribution is 2.23. The molecule has 0 saturated carbocycles. The van der Waals surface area contributed by atoms with Crippen molar-refractivity contribution in [2.45, 2.75) is 13.8 Å². The lowest BCUT2D eigenvalue weighted by Crippen LogP contribution is -2.30. The summed E-state index contributed by atoms with van der Waals surface area (Å²) in [5, 5.41) is 2.72. The smallest absolute Gasteiger partial charge is 0.325 e. The van der Waals surface area contributed by atoms with Crippen molar-refractivity contribution in [2.75, 3.05) is 24.6 Å². The number of anilines is 1. The largest absolute Gasteiger partial charge is 0.465 e. The Morgan fingerprint density at radius 3 is 2.87 bits per heavy atom. The average Bonchev–Trinajstić information content (AvgIpc) is 2.61. The lowest BCUT2D eigenvalue weighted by Gasteiger charge is -2.17. The molecular weight excluding hydrogens is 280 g/mol. The molecule has 15 heavy (non-hydrogen) atoms. The van der Waals surface area contributed by atoms with E-state index in [1.807, 2.05) is 17.2 Å². The van der Waals surface area contributed by atoms with Gasteiger partial charge in [-0.25, -0.2) is 4.98 Å². The number of hydrogen-bond acceptors (Lipinski definition) is 5. The van der Waals surface area contributed by atoms with Crippen LogP contribution in [0.4, 0.5) is 5.13 Å².